The molecule has 0 spiro atoms. The first-order valence-corrected chi connectivity index (χ1v) is 4.17. The van der Waals surface area contributed by atoms with Gasteiger partial charge in [0, 0.05) is 31.7 Å². The van der Waals surface area contributed by atoms with Gasteiger partial charge in [0.05, 0.1) is 0 Å². The summed E-state index contributed by atoms with van der Waals surface area (Å²) in [6, 6.07) is 3.65. The Kier molecular flexibility index (Phi) is 3.82. The normalized spacial score (nSPS) is 9.54. The zero-order valence-electron chi connectivity index (χ0n) is 7.27. The fourth-order valence-corrected chi connectivity index (χ4v) is 1.04. The lowest BCUT2D eigenvalue weighted by Crippen LogP contribution is -2.02. The van der Waals surface area contributed by atoms with E-state index in [9.17, 15) is 9.59 Å². The Hall–Kier alpha value is -1.51. The highest BCUT2D eigenvalue weighted by Crippen LogP contribution is 2.00. The topological polar surface area (TPSA) is 47.0 Å². The molecule has 0 aliphatic heterocycles. The number of rotatable bonds is 5. The lowest BCUT2D eigenvalue weighted by molar-refractivity contribution is -0.120. The minimum Gasteiger partial charge on any atom is -0.303 e. The van der Waals surface area contributed by atoms with Crippen LogP contribution in [0, 0.1) is 0 Å². The first-order valence-electron chi connectivity index (χ1n) is 4.17. The van der Waals surface area contributed by atoms with Crippen molar-refractivity contribution in [2.45, 2.75) is 19.3 Å². The van der Waals surface area contributed by atoms with E-state index >= 15 is 0 Å². The summed E-state index contributed by atoms with van der Waals surface area (Å²) in [5.74, 6) is 0.0834. The van der Waals surface area contributed by atoms with Gasteiger partial charge in [0.1, 0.15) is 12.1 Å². The minimum atomic E-state index is 0.0834. The molecular formula is C10H11NO2. The Morgan fingerprint density at radius 1 is 1.54 bits per heavy atom. The third-order valence-electron chi connectivity index (χ3n) is 1.67. The first-order chi connectivity index (χ1) is 6.33. The summed E-state index contributed by atoms with van der Waals surface area (Å²) >= 11 is 0. The van der Waals surface area contributed by atoms with E-state index in [1.54, 1.807) is 18.5 Å². The van der Waals surface area contributed by atoms with Crippen molar-refractivity contribution < 1.29 is 9.59 Å². The smallest absolute Gasteiger partial charge is 0.137 e. The van der Waals surface area contributed by atoms with Crippen molar-refractivity contribution in [3.05, 3.63) is 30.1 Å². The van der Waals surface area contributed by atoms with E-state index < -0.39 is 0 Å². The van der Waals surface area contributed by atoms with Gasteiger partial charge in [-0.25, -0.2) is 0 Å². The zero-order valence-corrected chi connectivity index (χ0v) is 7.27. The van der Waals surface area contributed by atoms with Crippen molar-refractivity contribution in [1.82, 2.24) is 4.98 Å². The maximum atomic E-state index is 11.2. The number of carbonyl (C=O) groups excluding carboxylic acids is 2. The average molecular weight is 177 g/mol. The van der Waals surface area contributed by atoms with Crippen LogP contribution in [0.4, 0.5) is 0 Å². The Morgan fingerprint density at radius 3 is 3.00 bits per heavy atom. The van der Waals surface area contributed by atoms with E-state index in [-0.39, 0.29) is 5.78 Å². The summed E-state index contributed by atoms with van der Waals surface area (Å²) < 4.78 is 0. The number of hydrogen-bond donors (Lipinski definition) is 0. The van der Waals surface area contributed by atoms with Crippen molar-refractivity contribution >= 4 is 12.1 Å². The van der Waals surface area contributed by atoms with Crippen LogP contribution in [-0.2, 0) is 16.0 Å². The number of Topliss-reactive ketones (excluding diaryl/α,β-unsaturated/α-hetero) is 1. The maximum Gasteiger partial charge on any atom is 0.137 e. The Balaban J connectivity index is 2.41. The SMILES string of the molecule is O=CCCC(=O)Cc1cccnc1. The lowest BCUT2D eigenvalue weighted by Gasteiger charge is -1.97. The second kappa shape index (κ2) is 5.19. The van der Waals surface area contributed by atoms with Gasteiger partial charge in [0.15, 0.2) is 0 Å². The fraction of sp³-hybridized carbons (Fsp3) is 0.300. The van der Waals surface area contributed by atoms with E-state index in [4.69, 9.17) is 0 Å². The van der Waals surface area contributed by atoms with Crippen molar-refractivity contribution in [2.75, 3.05) is 0 Å². The van der Waals surface area contributed by atoms with Crippen LogP contribution < -0.4 is 0 Å². The number of nitrogens with zero attached hydrogens (tertiary/aromatic N) is 1. The lowest BCUT2D eigenvalue weighted by atomic mass is 10.1. The second-order valence-electron chi connectivity index (χ2n) is 2.78. The summed E-state index contributed by atoms with van der Waals surface area (Å²) in [5.41, 5.74) is 0.901. The number of ketones is 1. The van der Waals surface area contributed by atoms with Crippen molar-refractivity contribution in [2.24, 2.45) is 0 Å². The van der Waals surface area contributed by atoms with Gasteiger partial charge in [-0.15, -0.1) is 0 Å². The van der Waals surface area contributed by atoms with Gasteiger partial charge < -0.3 is 4.79 Å². The molecule has 0 aliphatic carbocycles. The average Bonchev–Trinajstić information content (AvgIpc) is 2.16. The number of hydrogen-bond acceptors (Lipinski definition) is 3. The van der Waals surface area contributed by atoms with Crippen LogP contribution in [0.2, 0.25) is 0 Å². The quantitative estimate of drug-likeness (QED) is 0.634. The highest BCUT2D eigenvalue weighted by atomic mass is 16.1. The largest absolute Gasteiger partial charge is 0.303 e. The highest BCUT2D eigenvalue weighted by molar-refractivity contribution is 5.82. The number of aldehydes is 1. The minimum absolute atomic E-state index is 0.0834. The summed E-state index contributed by atoms with van der Waals surface area (Å²) in [6.07, 6.45) is 5.12. The fourth-order valence-electron chi connectivity index (χ4n) is 1.04. The van der Waals surface area contributed by atoms with Crippen molar-refractivity contribution in [3.8, 4) is 0 Å². The molecule has 0 saturated heterocycles. The summed E-state index contributed by atoms with van der Waals surface area (Å²) in [7, 11) is 0. The molecule has 1 aromatic heterocycles. The molecule has 1 heterocycles. The standard InChI is InChI=1S/C10H11NO2/c12-6-2-4-10(13)7-9-3-1-5-11-8-9/h1,3,5-6,8H,2,4,7H2. The highest BCUT2D eigenvalue weighted by Gasteiger charge is 2.02. The van der Waals surface area contributed by atoms with Crippen LogP contribution in [0.3, 0.4) is 0 Å². The summed E-state index contributed by atoms with van der Waals surface area (Å²) in [6.45, 7) is 0. The molecule has 0 aliphatic rings. The van der Waals surface area contributed by atoms with Gasteiger partial charge in [-0.3, -0.25) is 9.78 Å². The molecule has 1 aromatic rings. The molecule has 0 atom stereocenters. The molecule has 13 heavy (non-hydrogen) atoms. The zero-order chi connectivity index (χ0) is 9.52. The molecule has 3 heteroatoms. The van der Waals surface area contributed by atoms with Gasteiger partial charge in [-0.2, -0.15) is 0 Å². The molecule has 0 amide bonds. The molecule has 68 valence electrons. The van der Waals surface area contributed by atoms with Gasteiger partial charge in [0.25, 0.3) is 0 Å². The number of pyridine rings is 1. The molecule has 3 nitrogen and oxygen atoms in total. The molecule has 0 saturated carbocycles. The molecule has 0 radical (unpaired) electrons. The number of aromatic nitrogens is 1. The third kappa shape index (κ3) is 3.60. The number of carbonyl (C=O) groups is 2. The van der Waals surface area contributed by atoms with Crippen molar-refractivity contribution in [1.29, 1.82) is 0 Å². The molecular weight excluding hydrogens is 166 g/mol. The molecule has 0 unspecified atom stereocenters. The Bertz CT molecular complexity index is 282. The van der Waals surface area contributed by atoms with E-state index in [0.29, 0.717) is 19.3 Å². The first kappa shape index (κ1) is 9.58. The van der Waals surface area contributed by atoms with Gasteiger partial charge >= 0.3 is 0 Å². The van der Waals surface area contributed by atoms with Gasteiger partial charge in [-0.1, -0.05) is 6.07 Å². The molecule has 0 aromatic carbocycles. The van der Waals surface area contributed by atoms with Crippen LogP contribution in [0.25, 0.3) is 0 Å². The summed E-state index contributed by atoms with van der Waals surface area (Å²) in [4.78, 5) is 25.1. The monoisotopic (exact) mass is 177 g/mol. The van der Waals surface area contributed by atoms with Gasteiger partial charge in [0.2, 0.25) is 0 Å². The third-order valence-corrected chi connectivity index (χ3v) is 1.67. The van der Waals surface area contributed by atoms with E-state index in [1.807, 2.05) is 6.07 Å². The van der Waals surface area contributed by atoms with E-state index in [0.717, 1.165) is 11.8 Å². The van der Waals surface area contributed by atoms with E-state index in [1.165, 1.54) is 0 Å². The molecule has 1 rings (SSSR count). The maximum absolute atomic E-state index is 11.2. The van der Waals surface area contributed by atoms with Crippen LogP contribution in [0.5, 0.6) is 0 Å². The Labute approximate surface area is 76.8 Å². The predicted molar refractivity (Wildman–Crippen MR) is 48.2 cm³/mol. The van der Waals surface area contributed by atoms with Crippen LogP contribution in [0.15, 0.2) is 24.5 Å². The summed E-state index contributed by atoms with van der Waals surface area (Å²) in [5, 5.41) is 0. The van der Waals surface area contributed by atoms with Crippen LogP contribution in [0.1, 0.15) is 18.4 Å². The van der Waals surface area contributed by atoms with Gasteiger partial charge in [-0.05, 0) is 11.6 Å². The predicted octanol–water partition coefficient (Wildman–Crippen LogP) is 1.17. The van der Waals surface area contributed by atoms with Crippen LogP contribution in [-0.4, -0.2) is 17.1 Å². The molecule has 0 bridgehead atoms. The van der Waals surface area contributed by atoms with Crippen LogP contribution >= 0.6 is 0 Å². The molecule has 0 N–H and O–H groups in total. The second-order valence-corrected chi connectivity index (χ2v) is 2.78. The van der Waals surface area contributed by atoms with E-state index in [2.05, 4.69) is 4.98 Å². The van der Waals surface area contributed by atoms with Crippen molar-refractivity contribution in [3.63, 3.8) is 0 Å². The molecule has 0 fully saturated rings. The Morgan fingerprint density at radius 2 is 2.38 bits per heavy atom.